The predicted octanol–water partition coefficient (Wildman–Crippen LogP) is 3.43. The Bertz CT molecular complexity index is 373. The number of hydrogen-bond donors (Lipinski definition) is 1. The fourth-order valence-corrected chi connectivity index (χ4v) is 2.26. The van der Waals surface area contributed by atoms with Crippen molar-refractivity contribution >= 4 is 17.7 Å². The van der Waals surface area contributed by atoms with Gasteiger partial charge in [-0.1, -0.05) is 38.1 Å². The van der Waals surface area contributed by atoms with Gasteiger partial charge in [-0.25, -0.2) is 0 Å². The molecule has 1 amide bonds. The van der Waals surface area contributed by atoms with Gasteiger partial charge in [0, 0.05) is 0 Å². The SMILES string of the molecule is CSCC(=O)NC(C)c1ccc(CC(C)C)cc1. The molecule has 0 spiro atoms. The van der Waals surface area contributed by atoms with E-state index in [-0.39, 0.29) is 11.9 Å². The maximum absolute atomic E-state index is 11.5. The number of carbonyl (C=O) groups excluding carboxylic acids is 1. The summed E-state index contributed by atoms with van der Waals surface area (Å²) in [6, 6.07) is 8.63. The zero-order valence-corrected chi connectivity index (χ0v) is 12.5. The fraction of sp³-hybridized carbons (Fsp3) is 0.533. The van der Waals surface area contributed by atoms with Crippen LogP contribution < -0.4 is 5.32 Å². The quantitative estimate of drug-likeness (QED) is 0.854. The molecule has 3 heteroatoms. The Morgan fingerprint density at radius 1 is 1.22 bits per heavy atom. The van der Waals surface area contributed by atoms with E-state index >= 15 is 0 Å². The number of rotatable bonds is 6. The molecule has 100 valence electrons. The highest BCUT2D eigenvalue weighted by atomic mass is 32.2. The van der Waals surface area contributed by atoms with Crippen molar-refractivity contribution in [3.63, 3.8) is 0 Å². The Labute approximate surface area is 115 Å². The molecule has 1 unspecified atom stereocenters. The topological polar surface area (TPSA) is 29.1 Å². The smallest absolute Gasteiger partial charge is 0.230 e. The second-order valence-corrected chi connectivity index (χ2v) is 5.93. The van der Waals surface area contributed by atoms with E-state index in [1.807, 2.05) is 13.2 Å². The molecule has 1 aromatic carbocycles. The number of benzene rings is 1. The molecule has 0 radical (unpaired) electrons. The zero-order valence-electron chi connectivity index (χ0n) is 11.7. The molecule has 1 aromatic rings. The second kappa shape index (κ2) is 7.47. The van der Waals surface area contributed by atoms with E-state index < -0.39 is 0 Å². The van der Waals surface area contributed by atoms with E-state index in [0.717, 1.165) is 12.0 Å². The average Bonchev–Trinajstić information content (AvgIpc) is 2.29. The van der Waals surface area contributed by atoms with E-state index in [9.17, 15) is 4.79 Å². The van der Waals surface area contributed by atoms with Crippen LogP contribution in [0.15, 0.2) is 24.3 Å². The van der Waals surface area contributed by atoms with Gasteiger partial charge in [-0.3, -0.25) is 4.79 Å². The molecule has 1 N–H and O–H groups in total. The van der Waals surface area contributed by atoms with Gasteiger partial charge in [-0.15, -0.1) is 0 Å². The summed E-state index contributed by atoms with van der Waals surface area (Å²) in [5.41, 5.74) is 2.52. The lowest BCUT2D eigenvalue weighted by Gasteiger charge is -2.15. The first-order valence-electron chi connectivity index (χ1n) is 6.40. The Balaban J connectivity index is 2.58. The van der Waals surface area contributed by atoms with Crippen molar-refractivity contribution < 1.29 is 4.79 Å². The van der Waals surface area contributed by atoms with Crippen molar-refractivity contribution in [2.24, 2.45) is 5.92 Å². The lowest BCUT2D eigenvalue weighted by atomic mass is 10.00. The number of hydrogen-bond acceptors (Lipinski definition) is 2. The van der Waals surface area contributed by atoms with Crippen LogP contribution in [0, 0.1) is 5.92 Å². The van der Waals surface area contributed by atoms with Crippen molar-refractivity contribution in [1.29, 1.82) is 0 Å². The highest BCUT2D eigenvalue weighted by molar-refractivity contribution is 7.99. The maximum atomic E-state index is 11.5. The molecule has 0 aliphatic heterocycles. The first kappa shape index (κ1) is 15.1. The Hall–Kier alpha value is -0.960. The normalized spacial score (nSPS) is 12.5. The molecule has 0 aromatic heterocycles. The molecular formula is C15H23NOS. The number of carbonyl (C=O) groups is 1. The van der Waals surface area contributed by atoms with Crippen molar-refractivity contribution in [3.05, 3.63) is 35.4 Å². The zero-order chi connectivity index (χ0) is 13.5. The Morgan fingerprint density at radius 2 is 1.83 bits per heavy atom. The summed E-state index contributed by atoms with van der Waals surface area (Å²) < 4.78 is 0. The van der Waals surface area contributed by atoms with Crippen LogP contribution in [0.2, 0.25) is 0 Å². The van der Waals surface area contributed by atoms with Crippen LogP contribution >= 0.6 is 11.8 Å². The molecule has 0 aliphatic rings. The summed E-state index contributed by atoms with van der Waals surface area (Å²) in [7, 11) is 0. The van der Waals surface area contributed by atoms with E-state index in [1.165, 1.54) is 5.56 Å². The van der Waals surface area contributed by atoms with Crippen LogP contribution in [0.1, 0.15) is 37.9 Å². The van der Waals surface area contributed by atoms with Gasteiger partial charge in [0.05, 0.1) is 11.8 Å². The summed E-state index contributed by atoms with van der Waals surface area (Å²) in [6.45, 7) is 6.47. The Morgan fingerprint density at radius 3 is 2.33 bits per heavy atom. The number of nitrogens with one attached hydrogen (secondary N) is 1. The van der Waals surface area contributed by atoms with Gasteiger partial charge in [0.2, 0.25) is 5.91 Å². The summed E-state index contributed by atoms with van der Waals surface area (Å²) in [5, 5.41) is 3.00. The van der Waals surface area contributed by atoms with Gasteiger partial charge >= 0.3 is 0 Å². The predicted molar refractivity (Wildman–Crippen MR) is 79.9 cm³/mol. The molecule has 1 atom stereocenters. The first-order valence-corrected chi connectivity index (χ1v) is 7.79. The highest BCUT2D eigenvalue weighted by Crippen LogP contribution is 2.15. The van der Waals surface area contributed by atoms with Crippen LogP contribution in [0.5, 0.6) is 0 Å². The molecule has 0 heterocycles. The summed E-state index contributed by atoms with van der Waals surface area (Å²) in [5.74, 6) is 1.30. The number of thioether (sulfide) groups is 1. The van der Waals surface area contributed by atoms with Gasteiger partial charge in [0.25, 0.3) is 0 Å². The van der Waals surface area contributed by atoms with Gasteiger partial charge in [0.1, 0.15) is 0 Å². The second-order valence-electron chi connectivity index (χ2n) is 5.06. The summed E-state index contributed by atoms with van der Waals surface area (Å²) in [4.78, 5) is 11.5. The van der Waals surface area contributed by atoms with Gasteiger partial charge in [-0.2, -0.15) is 11.8 Å². The van der Waals surface area contributed by atoms with E-state index in [4.69, 9.17) is 0 Å². The van der Waals surface area contributed by atoms with E-state index in [0.29, 0.717) is 11.7 Å². The lowest BCUT2D eigenvalue weighted by Crippen LogP contribution is -2.28. The molecule has 0 aliphatic carbocycles. The fourth-order valence-electron chi connectivity index (χ4n) is 1.91. The molecule has 0 saturated carbocycles. The third-order valence-corrected chi connectivity index (χ3v) is 3.33. The van der Waals surface area contributed by atoms with Crippen LogP contribution in [0.4, 0.5) is 0 Å². The van der Waals surface area contributed by atoms with Gasteiger partial charge in [-0.05, 0) is 36.6 Å². The maximum Gasteiger partial charge on any atom is 0.230 e. The molecule has 0 bridgehead atoms. The molecule has 1 rings (SSSR count). The van der Waals surface area contributed by atoms with Crippen LogP contribution in [-0.4, -0.2) is 17.9 Å². The minimum atomic E-state index is 0.0812. The van der Waals surface area contributed by atoms with Crippen molar-refractivity contribution in [3.8, 4) is 0 Å². The van der Waals surface area contributed by atoms with Crippen molar-refractivity contribution in [2.75, 3.05) is 12.0 Å². The van der Waals surface area contributed by atoms with Gasteiger partial charge < -0.3 is 5.32 Å². The lowest BCUT2D eigenvalue weighted by molar-refractivity contribution is -0.119. The van der Waals surface area contributed by atoms with E-state index in [2.05, 4.69) is 43.4 Å². The van der Waals surface area contributed by atoms with E-state index in [1.54, 1.807) is 11.8 Å². The molecule has 18 heavy (non-hydrogen) atoms. The summed E-state index contributed by atoms with van der Waals surface area (Å²) >= 11 is 1.54. The largest absolute Gasteiger partial charge is 0.349 e. The van der Waals surface area contributed by atoms with Crippen LogP contribution in [-0.2, 0) is 11.2 Å². The minimum Gasteiger partial charge on any atom is -0.349 e. The van der Waals surface area contributed by atoms with Crippen LogP contribution in [0.3, 0.4) is 0 Å². The Kier molecular flexibility index (Phi) is 6.27. The monoisotopic (exact) mass is 265 g/mol. The summed E-state index contributed by atoms with van der Waals surface area (Å²) in [6.07, 6.45) is 3.04. The highest BCUT2D eigenvalue weighted by Gasteiger charge is 2.08. The first-order chi connectivity index (χ1) is 8.52. The van der Waals surface area contributed by atoms with Crippen molar-refractivity contribution in [1.82, 2.24) is 5.32 Å². The third-order valence-electron chi connectivity index (χ3n) is 2.78. The van der Waals surface area contributed by atoms with Gasteiger partial charge in [0.15, 0.2) is 0 Å². The third kappa shape index (κ3) is 5.13. The molecule has 0 fully saturated rings. The van der Waals surface area contributed by atoms with Crippen LogP contribution in [0.25, 0.3) is 0 Å². The minimum absolute atomic E-state index is 0.0812. The number of amides is 1. The average molecular weight is 265 g/mol. The molecule has 2 nitrogen and oxygen atoms in total. The standard InChI is InChI=1S/C15H23NOS/c1-11(2)9-13-5-7-14(8-6-13)12(3)16-15(17)10-18-4/h5-8,11-12H,9-10H2,1-4H3,(H,16,17). The molecule has 0 saturated heterocycles. The van der Waals surface area contributed by atoms with Crippen molar-refractivity contribution in [2.45, 2.75) is 33.2 Å². The molecular weight excluding hydrogens is 242 g/mol.